The summed E-state index contributed by atoms with van der Waals surface area (Å²) in [4.78, 5) is 0. The first kappa shape index (κ1) is 21.3. The quantitative estimate of drug-likeness (QED) is 0.685. The average molecular weight is 345 g/mol. The van der Waals surface area contributed by atoms with Crippen LogP contribution in [0.15, 0.2) is 5.57 Å². The summed E-state index contributed by atoms with van der Waals surface area (Å²) in [5.41, 5.74) is 0.957. The monoisotopic (exact) mass is 342 g/mol. The fourth-order valence-electron chi connectivity index (χ4n) is 0.684. The van der Waals surface area contributed by atoms with E-state index >= 15 is 0 Å². The van der Waals surface area contributed by atoms with Crippen LogP contribution in [0.1, 0.15) is 34.1 Å². The zero-order valence-corrected chi connectivity index (χ0v) is 16.5. The summed E-state index contributed by atoms with van der Waals surface area (Å²) < 4.78 is 5.94. The van der Waals surface area contributed by atoms with Gasteiger partial charge in [0.05, 0.1) is 0 Å². The van der Waals surface area contributed by atoms with Crippen molar-refractivity contribution >= 4 is 8.32 Å². The molecule has 0 unspecified atom stereocenters. The first-order chi connectivity index (χ1) is 5.67. The molecule has 0 rings (SSSR count). The van der Waals surface area contributed by atoms with Crippen LogP contribution < -0.4 is 17.0 Å². The van der Waals surface area contributed by atoms with E-state index in [2.05, 4.69) is 33.9 Å². The SMILES string of the molecule is [Br-].[CH]=C(C)CCO[Si](C)(C)C(C)(C)C.[Zn]. The summed E-state index contributed by atoms with van der Waals surface area (Å²) in [5.74, 6) is 0. The second-order valence-electron chi connectivity index (χ2n) is 5.21. The Kier molecular flexibility index (Phi) is 11.6. The molecule has 15 heavy (non-hydrogen) atoms. The minimum absolute atomic E-state index is 0. The fourth-order valence-corrected chi connectivity index (χ4v) is 1.73. The maximum Gasteiger partial charge on any atom is 0.191 e. The van der Waals surface area contributed by atoms with Gasteiger partial charge >= 0.3 is 0 Å². The number of hydrogen-bond acceptors (Lipinski definition) is 1. The van der Waals surface area contributed by atoms with Crippen LogP contribution in [0.5, 0.6) is 0 Å². The van der Waals surface area contributed by atoms with Crippen molar-refractivity contribution in [1.29, 1.82) is 0 Å². The van der Waals surface area contributed by atoms with E-state index in [-0.39, 0.29) is 36.5 Å². The van der Waals surface area contributed by atoms with Gasteiger partial charge in [-0.2, -0.15) is 0 Å². The Balaban J connectivity index is -0.000000720. The molecule has 0 heterocycles. The molecular formula is C11H23BrOSiZn-. The van der Waals surface area contributed by atoms with Gasteiger partial charge in [0.15, 0.2) is 8.32 Å². The Morgan fingerprint density at radius 2 is 1.67 bits per heavy atom. The molecule has 4 heteroatoms. The van der Waals surface area contributed by atoms with E-state index in [9.17, 15) is 0 Å². The molecule has 0 amide bonds. The van der Waals surface area contributed by atoms with E-state index in [1.165, 1.54) is 0 Å². The predicted molar refractivity (Wildman–Crippen MR) is 61.3 cm³/mol. The molecule has 0 bridgehead atoms. The molecule has 0 fully saturated rings. The molecule has 1 nitrogen and oxygen atoms in total. The molecule has 87 valence electrons. The van der Waals surface area contributed by atoms with Gasteiger partial charge < -0.3 is 21.4 Å². The van der Waals surface area contributed by atoms with Crippen molar-refractivity contribution in [2.45, 2.75) is 52.2 Å². The molecular weight excluding hydrogens is 321 g/mol. The molecule has 0 saturated carbocycles. The first-order valence-electron chi connectivity index (χ1n) is 4.89. The summed E-state index contributed by atoms with van der Waals surface area (Å²) in [6.07, 6.45) is 0.881. The molecule has 0 aromatic carbocycles. The minimum atomic E-state index is -1.54. The van der Waals surface area contributed by atoms with Gasteiger partial charge in [-0.25, -0.2) is 0 Å². The van der Waals surface area contributed by atoms with Gasteiger partial charge in [0.2, 0.25) is 0 Å². The third-order valence-corrected chi connectivity index (χ3v) is 7.30. The molecule has 0 N–H and O–H groups in total. The summed E-state index contributed by atoms with van der Waals surface area (Å²) in [5, 5.41) is 0.301. The van der Waals surface area contributed by atoms with Gasteiger partial charge in [0.1, 0.15) is 0 Å². The molecule has 0 aromatic rings. The van der Waals surface area contributed by atoms with Crippen molar-refractivity contribution in [2.24, 2.45) is 0 Å². The summed E-state index contributed by atoms with van der Waals surface area (Å²) in [6, 6.07) is 0. The van der Waals surface area contributed by atoms with Crippen molar-refractivity contribution < 1.29 is 40.9 Å². The standard InChI is InChI=1S/C11H23OSi.BrH.Zn/c1-10(2)8-9-12-13(6,7)11(3,4)5;;/h1H,8-9H2,2-7H3;1H;/p-1. The third-order valence-electron chi connectivity index (χ3n) is 2.77. The van der Waals surface area contributed by atoms with Crippen LogP contribution in [-0.2, 0) is 23.9 Å². The van der Waals surface area contributed by atoms with Crippen LogP contribution in [0.3, 0.4) is 0 Å². The molecule has 0 aromatic heterocycles. The zero-order chi connectivity index (χ0) is 10.7. The predicted octanol–water partition coefficient (Wildman–Crippen LogP) is 0.779. The molecule has 0 aliphatic heterocycles. The van der Waals surface area contributed by atoms with Crippen LogP contribution in [0.25, 0.3) is 0 Å². The van der Waals surface area contributed by atoms with Gasteiger partial charge in [-0.05, 0) is 31.5 Å². The number of halogens is 1. The van der Waals surface area contributed by atoms with Crippen LogP contribution in [0, 0.1) is 6.58 Å². The minimum Gasteiger partial charge on any atom is -1.00 e. The summed E-state index contributed by atoms with van der Waals surface area (Å²) >= 11 is 0. The van der Waals surface area contributed by atoms with Gasteiger partial charge in [0, 0.05) is 26.1 Å². The van der Waals surface area contributed by atoms with E-state index in [0.717, 1.165) is 18.6 Å². The van der Waals surface area contributed by atoms with Crippen LogP contribution in [-0.4, -0.2) is 14.9 Å². The summed E-state index contributed by atoms with van der Waals surface area (Å²) in [6.45, 7) is 19.6. The Hall–Kier alpha value is 1.02. The van der Waals surface area contributed by atoms with E-state index in [0.29, 0.717) is 5.04 Å². The molecule has 0 saturated heterocycles. The van der Waals surface area contributed by atoms with E-state index < -0.39 is 8.32 Å². The average Bonchev–Trinajstić information content (AvgIpc) is 1.82. The largest absolute Gasteiger partial charge is 1.00 e. The maximum absolute atomic E-state index is 5.94. The van der Waals surface area contributed by atoms with Crippen molar-refractivity contribution in [3.05, 3.63) is 12.2 Å². The number of hydrogen-bond donors (Lipinski definition) is 0. The fraction of sp³-hybridized carbons (Fsp3) is 0.818. The van der Waals surface area contributed by atoms with Crippen LogP contribution in [0.4, 0.5) is 0 Å². The zero-order valence-electron chi connectivity index (χ0n) is 11.0. The van der Waals surface area contributed by atoms with Gasteiger partial charge in [-0.1, -0.05) is 32.9 Å². The topological polar surface area (TPSA) is 9.23 Å². The molecule has 0 spiro atoms. The Labute approximate surface area is 120 Å². The number of rotatable bonds is 4. The van der Waals surface area contributed by atoms with E-state index in [4.69, 9.17) is 11.0 Å². The smallest absolute Gasteiger partial charge is 0.191 e. The third kappa shape index (κ3) is 8.79. The normalized spacial score (nSPS) is 11.3. The van der Waals surface area contributed by atoms with Gasteiger partial charge in [0.25, 0.3) is 0 Å². The summed E-state index contributed by atoms with van der Waals surface area (Å²) in [7, 11) is -1.54. The van der Waals surface area contributed by atoms with Crippen molar-refractivity contribution in [3.63, 3.8) is 0 Å². The van der Waals surface area contributed by atoms with E-state index in [1.807, 2.05) is 6.92 Å². The second kappa shape index (κ2) is 8.16. The van der Waals surface area contributed by atoms with E-state index in [1.54, 1.807) is 0 Å². The van der Waals surface area contributed by atoms with Gasteiger partial charge in [-0.3, -0.25) is 0 Å². The Morgan fingerprint density at radius 3 is 1.93 bits per heavy atom. The van der Waals surface area contributed by atoms with Gasteiger partial charge in [-0.15, -0.1) is 0 Å². The van der Waals surface area contributed by atoms with Crippen molar-refractivity contribution in [3.8, 4) is 0 Å². The molecule has 0 aliphatic rings. The first-order valence-corrected chi connectivity index (χ1v) is 7.79. The maximum atomic E-state index is 5.94. The molecule has 1 radical (unpaired) electrons. The van der Waals surface area contributed by atoms with Crippen molar-refractivity contribution in [1.82, 2.24) is 0 Å². The Morgan fingerprint density at radius 1 is 1.27 bits per heavy atom. The van der Waals surface area contributed by atoms with Crippen molar-refractivity contribution in [2.75, 3.05) is 6.61 Å². The van der Waals surface area contributed by atoms with Crippen LogP contribution in [0.2, 0.25) is 18.1 Å². The Bertz CT molecular complexity index is 188. The molecule has 0 aliphatic carbocycles. The molecule has 0 atom stereocenters. The van der Waals surface area contributed by atoms with Crippen LogP contribution >= 0.6 is 0 Å². The second-order valence-corrected chi connectivity index (χ2v) is 10.0.